The largest absolute Gasteiger partial charge is 0.293 e. The second-order valence-corrected chi connectivity index (χ2v) is 9.48. The molecule has 2 bridgehead atoms. The number of hydrogen-bond donors (Lipinski definition) is 0. The summed E-state index contributed by atoms with van der Waals surface area (Å²) in [5.74, 6) is 0.654. The third-order valence-corrected chi connectivity index (χ3v) is 8.05. The number of thioether (sulfide) groups is 1. The van der Waals surface area contributed by atoms with Crippen LogP contribution in [0.3, 0.4) is 0 Å². The van der Waals surface area contributed by atoms with Crippen molar-refractivity contribution >= 4 is 17.5 Å². The Balaban J connectivity index is 1.47. The zero-order valence-corrected chi connectivity index (χ0v) is 15.6. The van der Waals surface area contributed by atoms with Crippen LogP contribution >= 0.6 is 11.8 Å². The first-order chi connectivity index (χ1) is 11.9. The van der Waals surface area contributed by atoms with E-state index in [4.69, 9.17) is 4.98 Å². The van der Waals surface area contributed by atoms with Gasteiger partial charge >= 0.3 is 0 Å². The molecule has 1 saturated carbocycles. The minimum Gasteiger partial charge on any atom is -0.293 e. The Morgan fingerprint density at radius 2 is 1.96 bits per heavy atom. The Morgan fingerprint density at radius 3 is 2.76 bits per heavy atom. The first kappa shape index (κ1) is 15.5. The molecule has 0 radical (unpaired) electrons. The molecule has 3 aliphatic rings. The third-order valence-electron chi connectivity index (χ3n) is 7.00. The molecule has 1 heterocycles. The van der Waals surface area contributed by atoms with E-state index in [-0.39, 0.29) is 21.9 Å². The number of Topliss-reactive ketones (excluding diaryl/α,β-unsaturated/α-hetero) is 1. The van der Waals surface area contributed by atoms with Crippen LogP contribution in [-0.2, 0) is 11.8 Å². The third kappa shape index (κ3) is 1.90. The van der Waals surface area contributed by atoms with E-state index in [0.29, 0.717) is 11.1 Å². The minimum absolute atomic E-state index is 0.0703. The molecular weight excluding hydrogens is 330 g/mol. The van der Waals surface area contributed by atoms with Gasteiger partial charge in [-0.05, 0) is 30.2 Å². The number of ketones is 1. The molecule has 128 valence electrons. The van der Waals surface area contributed by atoms with E-state index < -0.39 is 0 Å². The van der Waals surface area contributed by atoms with Crippen molar-refractivity contribution in [2.45, 2.75) is 61.8 Å². The molecule has 0 amide bonds. The lowest BCUT2D eigenvalue weighted by atomic mass is 9.70. The zero-order valence-electron chi connectivity index (χ0n) is 14.7. The van der Waals surface area contributed by atoms with E-state index in [2.05, 4.69) is 31.0 Å². The van der Waals surface area contributed by atoms with Crippen molar-refractivity contribution in [3.63, 3.8) is 0 Å². The number of aromatic nitrogens is 3. The van der Waals surface area contributed by atoms with Crippen LogP contribution in [0.25, 0.3) is 0 Å². The fourth-order valence-corrected chi connectivity index (χ4v) is 6.02. The molecule has 0 saturated heterocycles. The fourth-order valence-electron chi connectivity index (χ4n) is 5.04. The van der Waals surface area contributed by atoms with Crippen molar-refractivity contribution in [1.82, 2.24) is 15.2 Å². The molecule has 0 aliphatic heterocycles. The first-order valence-corrected chi connectivity index (χ1v) is 9.84. The maximum absolute atomic E-state index is 12.6. The molecule has 1 aromatic carbocycles. The molecule has 1 fully saturated rings. The Morgan fingerprint density at radius 1 is 1.16 bits per heavy atom. The van der Waals surface area contributed by atoms with Gasteiger partial charge in [0.15, 0.2) is 5.78 Å². The average molecular weight is 351 g/mol. The smallest absolute Gasteiger partial charge is 0.210 e. The van der Waals surface area contributed by atoms with E-state index in [1.807, 2.05) is 24.3 Å². The lowest BCUT2D eigenvalue weighted by Gasteiger charge is -2.34. The summed E-state index contributed by atoms with van der Waals surface area (Å²) in [4.78, 5) is 17.5. The highest BCUT2D eigenvalue weighted by molar-refractivity contribution is 8.00. The molecule has 1 aromatic heterocycles. The molecule has 0 unspecified atom stereocenters. The van der Waals surface area contributed by atoms with Crippen LogP contribution < -0.4 is 0 Å². The van der Waals surface area contributed by atoms with Gasteiger partial charge in [0.1, 0.15) is 0 Å². The van der Waals surface area contributed by atoms with Gasteiger partial charge in [-0.25, -0.2) is 4.98 Å². The van der Waals surface area contributed by atoms with Crippen LogP contribution in [-0.4, -0.2) is 26.2 Å². The predicted octanol–water partition coefficient (Wildman–Crippen LogP) is 3.95. The standard InChI is InChI=1S/C20H21N3OS/c1-19(2)13-8-9-20(19,3)17-15(13)22-23-18(21-17)25-14-10-11-6-4-5-7-12(11)16(14)24/h4-7,13-14H,8-10H2,1-3H3/t13-,14+,20+/m0/s1. The summed E-state index contributed by atoms with van der Waals surface area (Å²) in [5, 5.41) is 9.45. The van der Waals surface area contributed by atoms with E-state index in [9.17, 15) is 4.79 Å². The van der Waals surface area contributed by atoms with Crippen molar-refractivity contribution in [3.05, 3.63) is 46.8 Å². The number of hydrogen-bond acceptors (Lipinski definition) is 5. The molecule has 5 heteroatoms. The summed E-state index contributed by atoms with van der Waals surface area (Å²) >= 11 is 1.47. The Labute approximate surface area is 151 Å². The molecule has 0 spiro atoms. The van der Waals surface area contributed by atoms with Crippen molar-refractivity contribution < 1.29 is 4.79 Å². The SMILES string of the molecule is CC1(C)[C@H]2CC[C@]1(C)c1nc(S[C@@H]3Cc4ccccc4C3=O)nnc12. The highest BCUT2D eigenvalue weighted by atomic mass is 32.2. The fraction of sp³-hybridized carbons (Fsp3) is 0.500. The Kier molecular flexibility index (Phi) is 3.04. The van der Waals surface area contributed by atoms with Gasteiger partial charge in [-0.1, -0.05) is 56.8 Å². The molecule has 5 rings (SSSR count). The number of rotatable bonds is 2. The minimum atomic E-state index is -0.128. The van der Waals surface area contributed by atoms with Gasteiger partial charge in [0.05, 0.1) is 16.6 Å². The van der Waals surface area contributed by atoms with Gasteiger partial charge in [-0.2, -0.15) is 5.10 Å². The van der Waals surface area contributed by atoms with E-state index >= 15 is 0 Å². The molecule has 0 N–H and O–H groups in total. The van der Waals surface area contributed by atoms with E-state index in [0.717, 1.165) is 35.4 Å². The molecule has 3 aliphatic carbocycles. The summed E-state index contributed by atoms with van der Waals surface area (Å²) in [7, 11) is 0. The quantitative estimate of drug-likeness (QED) is 0.820. The highest BCUT2D eigenvalue weighted by Crippen LogP contribution is 2.66. The second kappa shape index (κ2) is 4.91. The topological polar surface area (TPSA) is 55.7 Å². The number of nitrogens with zero attached hydrogens (tertiary/aromatic N) is 3. The number of benzene rings is 1. The molecular formula is C20H21N3OS. The summed E-state index contributed by atoms with van der Waals surface area (Å²) in [6, 6.07) is 7.88. The normalized spacial score (nSPS) is 31.2. The van der Waals surface area contributed by atoms with E-state index in [1.54, 1.807) is 0 Å². The lowest BCUT2D eigenvalue weighted by molar-refractivity contribution is 0.1000. The number of fused-ring (bicyclic) bond motifs is 6. The van der Waals surface area contributed by atoms with Gasteiger partial charge in [0.25, 0.3) is 0 Å². The van der Waals surface area contributed by atoms with Crippen LogP contribution in [0.5, 0.6) is 0 Å². The van der Waals surface area contributed by atoms with Crippen molar-refractivity contribution in [3.8, 4) is 0 Å². The first-order valence-electron chi connectivity index (χ1n) is 8.96. The lowest BCUT2D eigenvalue weighted by Crippen LogP contribution is -2.32. The van der Waals surface area contributed by atoms with E-state index in [1.165, 1.54) is 18.2 Å². The van der Waals surface area contributed by atoms with Crippen LogP contribution in [0.1, 0.15) is 66.8 Å². The van der Waals surface area contributed by atoms with Gasteiger partial charge in [-0.3, -0.25) is 4.79 Å². The maximum atomic E-state index is 12.6. The van der Waals surface area contributed by atoms with Crippen molar-refractivity contribution in [2.24, 2.45) is 5.41 Å². The zero-order chi connectivity index (χ0) is 17.4. The average Bonchev–Trinajstić information content (AvgIpc) is 3.09. The number of carbonyl (C=O) groups excluding carboxylic acids is 1. The van der Waals surface area contributed by atoms with Gasteiger partial charge < -0.3 is 0 Å². The summed E-state index contributed by atoms with van der Waals surface area (Å²) in [6.07, 6.45) is 3.09. The predicted molar refractivity (Wildman–Crippen MR) is 97.1 cm³/mol. The monoisotopic (exact) mass is 351 g/mol. The molecule has 2 aromatic rings. The summed E-state index contributed by atoms with van der Waals surface area (Å²) < 4.78 is 0. The Bertz CT molecular complexity index is 910. The maximum Gasteiger partial charge on any atom is 0.210 e. The van der Waals surface area contributed by atoms with Crippen molar-refractivity contribution in [1.29, 1.82) is 0 Å². The van der Waals surface area contributed by atoms with Crippen LogP contribution in [0, 0.1) is 5.41 Å². The second-order valence-electron chi connectivity index (χ2n) is 8.31. The van der Waals surface area contributed by atoms with Gasteiger partial charge in [-0.15, -0.1) is 5.10 Å². The van der Waals surface area contributed by atoms with Gasteiger partial charge in [0, 0.05) is 16.9 Å². The summed E-state index contributed by atoms with van der Waals surface area (Å²) in [6.45, 7) is 6.98. The number of carbonyl (C=O) groups is 1. The van der Waals surface area contributed by atoms with Gasteiger partial charge in [0.2, 0.25) is 5.16 Å². The highest BCUT2D eigenvalue weighted by Gasteiger charge is 2.61. The molecule has 3 atom stereocenters. The van der Waals surface area contributed by atoms with Crippen LogP contribution in [0.2, 0.25) is 0 Å². The van der Waals surface area contributed by atoms with Crippen LogP contribution in [0.15, 0.2) is 29.4 Å². The Hall–Kier alpha value is -1.75. The molecule has 4 nitrogen and oxygen atoms in total. The summed E-state index contributed by atoms with van der Waals surface area (Å²) in [5.41, 5.74) is 4.44. The van der Waals surface area contributed by atoms with Crippen molar-refractivity contribution in [2.75, 3.05) is 0 Å². The van der Waals surface area contributed by atoms with Crippen LogP contribution in [0.4, 0.5) is 0 Å². The molecule has 25 heavy (non-hydrogen) atoms.